The fraction of sp³-hybridized carbons (Fsp3) is 0.263. The summed E-state index contributed by atoms with van der Waals surface area (Å²) in [6.07, 6.45) is 3.50. The number of aromatic nitrogens is 3. The third kappa shape index (κ3) is 4.01. The van der Waals surface area contributed by atoms with Crippen molar-refractivity contribution in [3.8, 4) is 28.3 Å². The standard InChI is InChI=1S/C19H21ClN4O.ClH/c1-19(2,11-21-3)18-23-16(12-6-8-22-9-7-12)17(24-18)13-4-5-14(20)15(25)10-13;/h4-10,21,25H,11H2,1-3H3,(H,23,24);1H. The summed E-state index contributed by atoms with van der Waals surface area (Å²) in [5, 5.41) is 13.5. The minimum Gasteiger partial charge on any atom is -0.506 e. The Kier molecular flexibility index (Phi) is 6.29. The first-order chi connectivity index (χ1) is 11.9. The molecular formula is C19H22Cl2N4O. The van der Waals surface area contributed by atoms with Crippen molar-refractivity contribution in [2.75, 3.05) is 13.6 Å². The van der Waals surface area contributed by atoms with E-state index >= 15 is 0 Å². The van der Waals surface area contributed by atoms with Gasteiger partial charge in [-0.05, 0) is 31.3 Å². The smallest absolute Gasteiger partial charge is 0.134 e. The number of aromatic hydroxyl groups is 1. The van der Waals surface area contributed by atoms with Gasteiger partial charge >= 0.3 is 0 Å². The van der Waals surface area contributed by atoms with Gasteiger partial charge in [0, 0.05) is 35.5 Å². The molecule has 0 unspecified atom stereocenters. The lowest BCUT2D eigenvalue weighted by atomic mass is 9.93. The molecular weight excluding hydrogens is 371 g/mol. The van der Waals surface area contributed by atoms with E-state index in [0.29, 0.717) is 5.02 Å². The van der Waals surface area contributed by atoms with E-state index in [-0.39, 0.29) is 23.6 Å². The second kappa shape index (κ2) is 8.08. The van der Waals surface area contributed by atoms with Crippen LogP contribution in [0.4, 0.5) is 0 Å². The van der Waals surface area contributed by atoms with Crippen molar-refractivity contribution in [2.24, 2.45) is 0 Å². The zero-order valence-corrected chi connectivity index (χ0v) is 16.4. The number of nitrogens with one attached hydrogen (secondary N) is 2. The van der Waals surface area contributed by atoms with Crippen LogP contribution in [0.15, 0.2) is 42.7 Å². The quantitative estimate of drug-likeness (QED) is 0.600. The van der Waals surface area contributed by atoms with E-state index in [9.17, 15) is 5.11 Å². The fourth-order valence-electron chi connectivity index (χ4n) is 2.82. The first kappa shape index (κ1) is 20.2. The van der Waals surface area contributed by atoms with Gasteiger partial charge in [0.25, 0.3) is 0 Å². The van der Waals surface area contributed by atoms with Crippen molar-refractivity contribution in [1.29, 1.82) is 0 Å². The van der Waals surface area contributed by atoms with Gasteiger partial charge < -0.3 is 15.4 Å². The van der Waals surface area contributed by atoms with Gasteiger partial charge in [0.1, 0.15) is 11.6 Å². The Morgan fingerprint density at radius 1 is 1.15 bits per heavy atom. The Morgan fingerprint density at radius 3 is 2.46 bits per heavy atom. The number of phenols is 1. The Morgan fingerprint density at radius 2 is 1.85 bits per heavy atom. The number of phenolic OH excluding ortho intramolecular Hbond substituents is 1. The van der Waals surface area contributed by atoms with Gasteiger partial charge in [-0.1, -0.05) is 31.5 Å². The largest absolute Gasteiger partial charge is 0.506 e. The molecule has 2 aromatic heterocycles. The molecule has 0 aliphatic heterocycles. The van der Waals surface area contributed by atoms with Gasteiger partial charge in [-0.25, -0.2) is 4.98 Å². The van der Waals surface area contributed by atoms with E-state index in [0.717, 1.165) is 34.9 Å². The number of aromatic amines is 1. The van der Waals surface area contributed by atoms with Crippen LogP contribution in [-0.2, 0) is 5.41 Å². The average Bonchev–Trinajstić information content (AvgIpc) is 3.04. The summed E-state index contributed by atoms with van der Waals surface area (Å²) in [6.45, 7) is 5.03. The molecule has 0 saturated carbocycles. The highest BCUT2D eigenvalue weighted by molar-refractivity contribution is 6.32. The molecule has 0 saturated heterocycles. The van der Waals surface area contributed by atoms with E-state index in [2.05, 4.69) is 29.1 Å². The number of pyridine rings is 1. The Bertz CT molecular complexity index is 879. The molecule has 138 valence electrons. The first-order valence-corrected chi connectivity index (χ1v) is 8.44. The van der Waals surface area contributed by atoms with Gasteiger partial charge in [0.15, 0.2) is 0 Å². The lowest BCUT2D eigenvalue weighted by Gasteiger charge is -2.21. The van der Waals surface area contributed by atoms with E-state index in [4.69, 9.17) is 16.6 Å². The number of H-pyrrole nitrogens is 1. The number of imidazole rings is 1. The van der Waals surface area contributed by atoms with E-state index in [1.54, 1.807) is 24.5 Å². The zero-order chi connectivity index (χ0) is 18.0. The molecule has 0 aliphatic carbocycles. The first-order valence-electron chi connectivity index (χ1n) is 8.07. The molecule has 3 aromatic rings. The fourth-order valence-corrected chi connectivity index (χ4v) is 2.93. The van der Waals surface area contributed by atoms with Crippen molar-refractivity contribution in [1.82, 2.24) is 20.3 Å². The molecule has 1 aromatic carbocycles. The molecule has 3 N–H and O–H groups in total. The van der Waals surface area contributed by atoms with E-state index in [1.807, 2.05) is 25.2 Å². The summed E-state index contributed by atoms with van der Waals surface area (Å²) in [5.74, 6) is 0.914. The third-order valence-electron chi connectivity index (χ3n) is 4.15. The molecule has 3 rings (SSSR count). The van der Waals surface area contributed by atoms with Crippen molar-refractivity contribution >= 4 is 24.0 Å². The maximum Gasteiger partial charge on any atom is 0.134 e. The molecule has 0 fully saturated rings. The Hall–Kier alpha value is -2.08. The van der Waals surface area contributed by atoms with E-state index in [1.165, 1.54) is 0 Å². The van der Waals surface area contributed by atoms with Crippen LogP contribution < -0.4 is 5.32 Å². The summed E-state index contributed by atoms with van der Waals surface area (Å²) in [6, 6.07) is 9.04. The predicted molar refractivity (Wildman–Crippen MR) is 108 cm³/mol. The van der Waals surface area contributed by atoms with Gasteiger partial charge in [-0.15, -0.1) is 12.4 Å². The monoisotopic (exact) mass is 392 g/mol. The lowest BCUT2D eigenvalue weighted by molar-refractivity contribution is 0.469. The summed E-state index contributed by atoms with van der Waals surface area (Å²) >= 11 is 5.95. The number of hydrogen-bond donors (Lipinski definition) is 3. The number of halogens is 2. The van der Waals surface area contributed by atoms with Crippen LogP contribution >= 0.6 is 24.0 Å². The molecule has 0 bridgehead atoms. The summed E-state index contributed by atoms with van der Waals surface area (Å²) in [5.41, 5.74) is 3.28. The van der Waals surface area contributed by atoms with Gasteiger partial charge in [-0.3, -0.25) is 4.98 Å². The number of likely N-dealkylation sites (N-methyl/N-ethyl adjacent to an activating group) is 1. The molecule has 0 amide bonds. The highest BCUT2D eigenvalue weighted by Gasteiger charge is 2.26. The second-order valence-corrected chi connectivity index (χ2v) is 7.03. The normalized spacial score (nSPS) is 11.2. The number of benzene rings is 1. The number of rotatable bonds is 5. The predicted octanol–water partition coefficient (Wildman–Crippen LogP) is 4.42. The van der Waals surface area contributed by atoms with Crippen LogP contribution in [0.25, 0.3) is 22.5 Å². The summed E-state index contributed by atoms with van der Waals surface area (Å²) in [7, 11) is 1.92. The third-order valence-corrected chi connectivity index (χ3v) is 4.47. The SMILES string of the molecule is CNCC(C)(C)c1nc(-c2ccc(Cl)c(O)c2)c(-c2ccncc2)[nH]1.Cl. The van der Waals surface area contributed by atoms with Crippen molar-refractivity contribution in [2.45, 2.75) is 19.3 Å². The molecule has 26 heavy (non-hydrogen) atoms. The van der Waals surface area contributed by atoms with Crippen LogP contribution in [0.5, 0.6) is 5.75 Å². The van der Waals surface area contributed by atoms with Gasteiger partial charge in [0.2, 0.25) is 0 Å². The average molecular weight is 393 g/mol. The van der Waals surface area contributed by atoms with Crippen molar-refractivity contribution < 1.29 is 5.11 Å². The van der Waals surface area contributed by atoms with Crippen molar-refractivity contribution in [3.63, 3.8) is 0 Å². The Balaban J connectivity index is 0.00000243. The minimum absolute atomic E-state index is 0. The number of nitrogens with zero attached hydrogens (tertiary/aromatic N) is 2. The molecule has 5 nitrogen and oxygen atoms in total. The van der Waals surface area contributed by atoms with E-state index < -0.39 is 0 Å². The summed E-state index contributed by atoms with van der Waals surface area (Å²) < 4.78 is 0. The highest BCUT2D eigenvalue weighted by atomic mass is 35.5. The summed E-state index contributed by atoms with van der Waals surface area (Å²) in [4.78, 5) is 12.4. The van der Waals surface area contributed by atoms with Crippen LogP contribution in [0.3, 0.4) is 0 Å². The zero-order valence-electron chi connectivity index (χ0n) is 14.9. The topological polar surface area (TPSA) is 73.8 Å². The van der Waals surface area contributed by atoms with Crippen LogP contribution in [0.2, 0.25) is 5.02 Å². The number of hydrogen-bond acceptors (Lipinski definition) is 4. The van der Waals surface area contributed by atoms with Crippen LogP contribution in [0, 0.1) is 0 Å². The van der Waals surface area contributed by atoms with Crippen molar-refractivity contribution in [3.05, 3.63) is 53.6 Å². The molecule has 2 heterocycles. The van der Waals surface area contributed by atoms with Gasteiger partial charge in [-0.2, -0.15) is 0 Å². The van der Waals surface area contributed by atoms with Crippen LogP contribution in [-0.4, -0.2) is 33.7 Å². The molecule has 0 spiro atoms. The maximum atomic E-state index is 9.98. The molecule has 0 atom stereocenters. The van der Waals surface area contributed by atoms with Crippen LogP contribution in [0.1, 0.15) is 19.7 Å². The second-order valence-electron chi connectivity index (χ2n) is 6.63. The highest BCUT2D eigenvalue weighted by Crippen LogP contribution is 2.36. The molecule has 0 radical (unpaired) electrons. The molecule has 0 aliphatic rings. The maximum absolute atomic E-state index is 9.98. The molecule has 7 heteroatoms. The Labute approximate surface area is 164 Å². The van der Waals surface area contributed by atoms with Gasteiger partial charge in [0.05, 0.1) is 16.4 Å². The lowest BCUT2D eigenvalue weighted by Crippen LogP contribution is -2.31. The minimum atomic E-state index is -0.177.